The number of aryl methyl sites for hydroxylation is 1. The van der Waals surface area contributed by atoms with Gasteiger partial charge in [-0.1, -0.05) is 12.1 Å². The van der Waals surface area contributed by atoms with Gasteiger partial charge < -0.3 is 14.4 Å². The molecule has 3 aliphatic heterocycles. The van der Waals surface area contributed by atoms with Gasteiger partial charge in [0.1, 0.15) is 11.4 Å². The molecule has 3 heteroatoms. The maximum atomic E-state index is 6.73. The van der Waals surface area contributed by atoms with Crippen molar-refractivity contribution in [1.29, 1.82) is 0 Å². The number of piperidine rings is 1. The van der Waals surface area contributed by atoms with Crippen LogP contribution in [0.4, 0.5) is 0 Å². The van der Waals surface area contributed by atoms with Gasteiger partial charge in [0, 0.05) is 50.1 Å². The molecule has 0 aromatic heterocycles. The molecule has 0 N–H and O–H groups in total. The van der Waals surface area contributed by atoms with Gasteiger partial charge in [-0.15, -0.1) is 0 Å². The smallest absolute Gasteiger partial charge is 0.126 e. The predicted octanol–water partition coefficient (Wildman–Crippen LogP) is 4.10. The van der Waals surface area contributed by atoms with Gasteiger partial charge in [0.05, 0.1) is 6.10 Å². The van der Waals surface area contributed by atoms with Crippen LogP contribution in [0.15, 0.2) is 18.2 Å². The second kappa shape index (κ2) is 5.78. The molecule has 4 rings (SSSR count). The maximum Gasteiger partial charge on any atom is 0.126 e. The molecular formula is C20H29NO2. The molecule has 126 valence electrons. The van der Waals surface area contributed by atoms with Crippen LogP contribution in [0.3, 0.4) is 0 Å². The highest BCUT2D eigenvalue weighted by atomic mass is 16.5. The van der Waals surface area contributed by atoms with Crippen molar-refractivity contribution in [3.05, 3.63) is 29.3 Å². The van der Waals surface area contributed by atoms with E-state index in [2.05, 4.69) is 43.9 Å². The summed E-state index contributed by atoms with van der Waals surface area (Å²) in [5.41, 5.74) is 2.53. The standard InChI is InChI=1S/C20H29NO2/c1-14(2)21-10-8-20(9-11-21)17-5-4-12-22-19(17)16-7-6-15(3)13-18(16)23-20/h6-7,13-14,17,19H,4-5,8-12H2,1-3H3/t17-,19+/m0/s1. The number of hydrogen-bond donors (Lipinski definition) is 0. The molecule has 0 saturated carbocycles. The first-order valence-corrected chi connectivity index (χ1v) is 9.24. The Morgan fingerprint density at radius 2 is 2.00 bits per heavy atom. The second-order valence-corrected chi connectivity index (χ2v) is 7.88. The topological polar surface area (TPSA) is 21.7 Å². The summed E-state index contributed by atoms with van der Waals surface area (Å²) in [5, 5.41) is 0. The summed E-state index contributed by atoms with van der Waals surface area (Å²) in [6.45, 7) is 9.91. The molecule has 3 nitrogen and oxygen atoms in total. The number of rotatable bonds is 1. The zero-order valence-corrected chi connectivity index (χ0v) is 14.7. The van der Waals surface area contributed by atoms with Crippen LogP contribution in [-0.4, -0.2) is 36.2 Å². The third kappa shape index (κ3) is 2.58. The van der Waals surface area contributed by atoms with E-state index in [0.29, 0.717) is 12.0 Å². The van der Waals surface area contributed by atoms with Crippen molar-refractivity contribution in [3.63, 3.8) is 0 Å². The zero-order valence-electron chi connectivity index (χ0n) is 14.7. The monoisotopic (exact) mass is 315 g/mol. The third-order valence-corrected chi connectivity index (χ3v) is 6.16. The summed E-state index contributed by atoms with van der Waals surface area (Å²) in [6, 6.07) is 7.25. The highest BCUT2D eigenvalue weighted by Gasteiger charge is 2.52. The lowest BCUT2D eigenvalue weighted by molar-refractivity contribution is -0.151. The predicted molar refractivity (Wildman–Crippen MR) is 91.9 cm³/mol. The van der Waals surface area contributed by atoms with Crippen LogP contribution in [0.5, 0.6) is 5.75 Å². The number of likely N-dealkylation sites (tertiary alicyclic amines) is 1. The van der Waals surface area contributed by atoms with E-state index in [1.54, 1.807) is 0 Å². The van der Waals surface area contributed by atoms with Crippen molar-refractivity contribution in [2.24, 2.45) is 5.92 Å². The highest BCUT2D eigenvalue weighted by molar-refractivity contribution is 5.42. The van der Waals surface area contributed by atoms with Crippen molar-refractivity contribution < 1.29 is 9.47 Å². The fourth-order valence-electron chi connectivity index (χ4n) is 4.78. The Balaban J connectivity index is 1.68. The van der Waals surface area contributed by atoms with Crippen molar-refractivity contribution in [1.82, 2.24) is 4.90 Å². The second-order valence-electron chi connectivity index (χ2n) is 7.88. The quantitative estimate of drug-likeness (QED) is 0.779. The molecule has 3 heterocycles. The molecule has 0 aliphatic carbocycles. The Kier molecular flexibility index (Phi) is 3.89. The molecule has 23 heavy (non-hydrogen) atoms. The molecule has 2 atom stereocenters. The van der Waals surface area contributed by atoms with Crippen molar-refractivity contribution in [2.45, 2.75) is 64.2 Å². The summed E-state index contributed by atoms with van der Waals surface area (Å²) in [6.07, 6.45) is 4.89. The Morgan fingerprint density at radius 1 is 1.22 bits per heavy atom. The molecule has 0 radical (unpaired) electrons. The van der Waals surface area contributed by atoms with E-state index in [-0.39, 0.29) is 11.7 Å². The molecule has 1 aromatic rings. The van der Waals surface area contributed by atoms with Crippen molar-refractivity contribution in [3.8, 4) is 5.75 Å². The Labute approximate surface area is 140 Å². The summed E-state index contributed by atoms with van der Waals surface area (Å²) in [5.74, 6) is 1.59. The number of ether oxygens (including phenoxy) is 2. The van der Waals surface area contributed by atoms with Gasteiger partial charge in [0.2, 0.25) is 0 Å². The van der Waals surface area contributed by atoms with Crippen LogP contribution in [0, 0.1) is 12.8 Å². The summed E-state index contributed by atoms with van der Waals surface area (Å²) >= 11 is 0. The average Bonchev–Trinajstić information content (AvgIpc) is 2.55. The van der Waals surface area contributed by atoms with E-state index in [1.807, 2.05) is 0 Å². The molecule has 1 aromatic carbocycles. The van der Waals surface area contributed by atoms with Crippen LogP contribution in [-0.2, 0) is 4.74 Å². The van der Waals surface area contributed by atoms with Crippen LogP contribution in [0.1, 0.15) is 56.8 Å². The Morgan fingerprint density at radius 3 is 2.74 bits per heavy atom. The highest BCUT2D eigenvalue weighted by Crippen LogP contribution is 2.53. The maximum absolute atomic E-state index is 6.73. The van der Waals surface area contributed by atoms with Gasteiger partial charge in [0.15, 0.2) is 0 Å². The normalized spacial score (nSPS) is 29.9. The van der Waals surface area contributed by atoms with Crippen molar-refractivity contribution >= 4 is 0 Å². The molecule has 1 spiro atoms. The molecule has 2 saturated heterocycles. The van der Waals surface area contributed by atoms with Crippen molar-refractivity contribution in [2.75, 3.05) is 19.7 Å². The first-order valence-electron chi connectivity index (χ1n) is 9.24. The number of fused-ring (bicyclic) bond motifs is 4. The Bertz CT molecular complexity index is 575. The summed E-state index contributed by atoms with van der Waals surface area (Å²) in [7, 11) is 0. The molecular weight excluding hydrogens is 286 g/mol. The molecule has 0 amide bonds. The SMILES string of the molecule is Cc1ccc2c(c1)OC1(CCN(C(C)C)CC1)[C@H]1CCCO[C@H]21. The first kappa shape index (κ1) is 15.5. The van der Waals surface area contributed by atoms with Crippen LogP contribution >= 0.6 is 0 Å². The zero-order chi connectivity index (χ0) is 16.0. The minimum Gasteiger partial charge on any atom is -0.486 e. The van der Waals surface area contributed by atoms with E-state index in [9.17, 15) is 0 Å². The lowest BCUT2D eigenvalue weighted by Crippen LogP contribution is -2.57. The van der Waals surface area contributed by atoms with Crippen LogP contribution < -0.4 is 4.74 Å². The number of benzene rings is 1. The molecule has 2 fully saturated rings. The van der Waals surface area contributed by atoms with E-state index in [1.165, 1.54) is 24.0 Å². The van der Waals surface area contributed by atoms with Gasteiger partial charge in [-0.25, -0.2) is 0 Å². The van der Waals surface area contributed by atoms with E-state index >= 15 is 0 Å². The van der Waals surface area contributed by atoms with Gasteiger partial charge >= 0.3 is 0 Å². The molecule has 0 bridgehead atoms. The van der Waals surface area contributed by atoms with E-state index < -0.39 is 0 Å². The van der Waals surface area contributed by atoms with Gasteiger partial charge in [0.25, 0.3) is 0 Å². The fraction of sp³-hybridized carbons (Fsp3) is 0.700. The van der Waals surface area contributed by atoms with Gasteiger partial charge in [-0.2, -0.15) is 0 Å². The van der Waals surface area contributed by atoms with E-state index in [0.717, 1.165) is 38.3 Å². The Hall–Kier alpha value is -1.06. The lowest BCUT2D eigenvalue weighted by Gasteiger charge is -2.53. The summed E-state index contributed by atoms with van der Waals surface area (Å²) in [4.78, 5) is 2.58. The minimum absolute atomic E-state index is 0.0166. The number of nitrogens with zero attached hydrogens (tertiary/aromatic N) is 1. The third-order valence-electron chi connectivity index (χ3n) is 6.16. The van der Waals surface area contributed by atoms with Gasteiger partial charge in [-0.05, 0) is 45.2 Å². The number of hydrogen-bond acceptors (Lipinski definition) is 3. The largest absolute Gasteiger partial charge is 0.486 e. The summed E-state index contributed by atoms with van der Waals surface area (Å²) < 4.78 is 13.0. The first-order chi connectivity index (χ1) is 11.1. The van der Waals surface area contributed by atoms with Crippen LogP contribution in [0.2, 0.25) is 0 Å². The fourth-order valence-corrected chi connectivity index (χ4v) is 4.78. The van der Waals surface area contributed by atoms with Gasteiger partial charge in [-0.3, -0.25) is 0 Å². The average molecular weight is 315 g/mol. The van der Waals surface area contributed by atoms with E-state index in [4.69, 9.17) is 9.47 Å². The van der Waals surface area contributed by atoms with Crippen LogP contribution in [0.25, 0.3) is 0 Å². The minimum atomic E-state index is -0.0166. The molecule has 3 aliphatic rings. The lowest BCUT2D eigenvalue weighted by atomic mass is 9.69. The molecule has 0 unspecified atom stereocenters.